The average molecular weight is 394 g/mol. The van der Waals surface area contributed by atoms with Crippen molar-refractivity contribution in [2.75, 3.05) is 26.2 Å². The molecule has 0 aliphatic heterocycles. The van der Waals surface area contributed by atoms with Crippen LogP contribution in [0.5, 0.6) is 0 Å². The van der Waals surface area contributed by atoms with E-state index in [9.17, 15) is 0 Å². The molecule has 0 aromatic rings. The van der Waals surface area contributed by atoms with Crippen LogP contribution in [-0.4, -0.2) is 26.2 Å². The van der Waals surface area contributed by atoms with Crippen molar-refractivity contribution in [1.29, 1.82) is 0 Å². The Balaban J connectivity index is 0. The minimum absolute atomic E-state index is 0.290. The maximum absolute atomic E-state index is 4.16. The van der Waals surface area contributed by atoms with E-state index in [-0.39, 0.29) is 19.2 Å². The molecule has 148 valence electrons. The molecule has 0 N–H and O–H groups in total. The molecule has 0 amide bonds. The predicted octanol–water partition coefficient (Wildman–Crippen LogP) is 7.82. The molecule has 0 radical (unpaired) electrons. The van der Waals surface area contributed by atoms with Gasteiger partial charge in [-0.25, -0.2) is 0 Å². The number of rotatable bonds is 14. The van der Waals surface area contributed by atoms with Crippen LogP contribution < -0.4 is 0 Å². The normalized spacial score (nSPS) is 11.4. The summed E-state index contributed by atoms with van der Waals surface area (Å²) in [7, 11) is 0. The standard InChI is InChI=1S/2C7H14N.C5H5.C4H9.Ti/c2*1-3-5-6-7-8-4-2;1-2-4-5-3-1;1-3-4-2;/h2*3H,1,4-7H2,2H3;1-3H,4H2;1,3-4H2,2H3;/q2*-1;;;+2. The zero-order chi connectivity index (χ0) is 19.7. The molecule has 0 bridgehead atoms. The topological polar surface area (TPSA) is 28.2 Å². The number of hydrogen-bond donors (Lipinski definition) is 0. The maximum atomic E-state index is 4.16. The van der Waals surface area contributed by atoms with Crippen LogP contribution in [0.3, 0.4) is 0 Å². The van der Waals surface area contributed by atoms with E-state index in [0.29, 0.717) is 0 Å². The van der Waals surface area contributed by atoms with Crippen molar-refractivity contribution < 1.29 is 19.2 Å². The SMILES string of the molecule is C=CCCC[N-]CC.C=CCCC[N-]CC.CCC[CH2][Ti+2][C]1=CC=CC1. The fourth-order valence-electron chi connectivity index (χ4n) is 2.02. The van der Waals surface area contributed by atoms with E-state index in [1.54, 1.807) is 3.88 Å². The van der Waals surface area contributed by atoms with Gasteiger partial charge in [-0.15, -0.1) is 26.2 Å². The van der Waals surface area contributed by atoms with Crippen LogP contribution in [0.1, 0.15) is 65.7 Å². The molecule has 0 heterocycles. The Hall–Kier alpha value is -0.406. The summed E-state index contributed by atoms with van der Waals surface area (Å²) < 4.78 is 3.25. The van der Waals surface area contributed by atoms with Gasteiger partial charge in [0, 0.05) is 0 Å². The van der Waals surface area contributed by atoms with Gasteiger partial charge in [-0.05, 0) is 12.8 Å². The Morgan fingerprint density at radius 3 is 1.92 bits per heavy atom. The molecule has 1 rings (SSSR count). The summed E-state index contributed by atoms with van der Waals surface area (Å²) in [6, 6.07) is 0. The molecular weight excluding hydrogens is 352 g/mol. The fourth-order valence-corrected chi connectivity index (χ4v) is 4.09. The Morgan fingerprint density at radius 2 is 1.54 bits per heavy atom. The first kappa shape index (κ1) is 27.8. The van der Waals surface area contributed by atoms with Gasteiger partial charge in [0.25, 0.3) is 0 Å². The zero-order valence-corrected chi connectivity index (χ0v) is 19.2. The van der Waals surface area contributed by atoms with Gasteiger partial charge >= 0.3 is 72.2 Å². The molecule has 3 heteroatoms. The molecule has 0 aromatic carbocycles. The predicted molar refractivity (Wildman–Crippen MR) is 118 cm³/mol. The Labute approximate surface area is 173 Å². The summed E-state index contributed by atoms with van der Waals surface area (Å²) in [6.45, 7) is 17.5. The molecular formula is C23H42N2Ti. The van der Waals surface area contributed by atoms with E-state index in [1.807, 2.05) is 12.2 Å². The van der Waals surface area contributed by atoms with Gasteiger partial charge < -0.3 is 10.6 Å². The molecule has 0 saturated carbocycles. The van der Waals surface area contributed by atoms with Gasteiger partial charge in [-0.2, -0.15) is 13.1 Å². The van der Waals surface area contributed by atoms with E-state index < -0.39 is 0 Å². The van der Waals surface area contributed by atoms with Crippen LogP contribution in [0, 0.1) is 0 Å². The Morgan fingerprint density at radius 1 is 0.962 bits per heavy atom. The second-order valence-corrected chi connectivity index (χ2v) is 8.33. The van der Waals surface area contributed by atoms with Crippen molar-refractivity contribution in [1.82, 2.24) is 0 Å². The molecule has 0 fully saturated rings. The number of allylic oxidation sites excluding steroid dienone is 6. The third-order valence-corrected chi connectivity index (χ3v) is 5.78. The van der Waals surface area contributed by atoms with Gasteiger partial charge in [-0.3, -0.25) is 0 Å². The summed E-state index contributed by atoms with van der Waals surface area (Å²) in [4.78, 5) is 0. The number of nitrogens with zero attached hydrogens (tertiary/aromatic N) is 2. The van der Waals surface area contributed by atoms with Crippen molar-refractivity contribution >= 4 is 0 Å². The second kappa shape index (κ2) is 26.8. The van der Waals surface area contributed by atoms with Crippen LogP contribution in [-0.2, 0) is 19.2 Å². The van der Waals surface area contributed by atoms with Gasteiger partial charge in [-0.1, -0.05) is 38.8 Å². The van der Waals surface area contributed by atoms with Gasteiger partial charge in [0.05, 0.1) is 0 Å². The van der Waals surface area contributed by atoms with Crippen molar-refractivity contribution in [3.63, 3.8) is 0 Å². The first-order valence-corrected chi connectivity index (χ1v) is 12.2. The van der Waals surface area contributed by atoms with Gasteiger partial charge in [0.15, 0.2) is 0 Å². The summed E-state index contributed by atoms with van der Waals surface area (Å²) in [5.74, 6) is 0. The number of hydrogen-bond acceptors (Lipinski definition) is 0. The summed E-state index contributed by atoms with van der Waals surface area (Å²) in [5, 5.41) is 8.32. The van der Waals surface area contributed by atoms with Crippen molar-refractivity contribution in [2.45, 2.75) is 70.4 Å². The monoisotopic (exact) mass is 394 g/mol. The summed E-state index contributed by atoms with van der Waals surface area (Å²) in [6.07, 6.45) is 19.3. The van der Waals surface area contributed by atoms with Crippen LogP contribution >= 0.6 is 0 Å². The fraction of sp³-hybridized carbons (Fsp3) is 0.652. The van der Waals surface area contributed by atoms with Crippen molar-refractivity contribution in [3.05, 3.63) is 58.0 Å². The summed E-state index contributed by atoms with van der Waals surface area (Å²) >= 11 is 0.290. The molecule has 1 aliphatic carbocycles. The van der Waals surface area contributed by atoms with Crippen LogP contribution in [0.4, 0.5) is 0 Å². The van der Waals surface area contributed by atoms with E-state index >= 15 is 0 Å². The molecule has 1 aliphatic rings. The zero-order valence-electron chi connectivity index (χ0n) is 17.7. The third kappa shape index (κ3) is 25.8. The third-order valence-electron chi connectivity index (χ3n) is 3.55. The Kier molecular flexibility index (Phi) is 28.7. The molecule has 0 aromatic heterocycles. The number of unbranched alkanes of at least 4 members (excludes halogenated alkanes) is 3. The van der Waals surface area contributed by atoms with E-state index in [4.69, 9.17) is 0 Å². The van der Waals surface area contributed by atoms with Crippen LogP contribution in [0.15, 0.2) is 47.4 Å². The van der Waals surface area contributed by atoms with Crippen LogP contribution in [0.2, 0.25) is 4.73 Å². The first-order chi connectivity index (χ1) is 12.8. The Bertz CT molecular complexity index is 332. The first-order valence-electron chi connectivity index (χ1n) is 10.3. The van der Waals surface area contributed by atoms with Crippen molar-refractivity contribution in [2.24, 2.45) is 0 Å². The molecule has 0 atom stereocenters. The van der Waals surface area contributed by atoms with Gasteiger partial charge in [0.1, 0.15) is 0 Å². The molecule has 2 nitrogen and oxygen atoms in total. The quantitative estimate of drug-likeness (QED) is 0.163. The van der Waals surface area contributed by atoms with E-state index in [0.717, 1.165) is 51.9 Å². The molecule has 0 saturated heterocycles. The van der Waals surface area contributed by atoms with E-state index in [1.165, 1.54) is 24.0 Å². The summed E-state index contributed by atoms with van der Waals surface area (Å²) in [5.41, 5.74) is 0. The molecule has 0 spiro atoms. The average Bonchev–Trinajstić information content (AvgIpc) is 3.17. The molecule has 26 heavy (non-hydrogen) atoms. The van der Waals surface area contributed by atoms with Gasteiger partial charge in [0.2, 0.25) is 0 Å². The minimum atomic E-state index is 0.290. The molecule has 0 unspecified atom stereocenters. The van der Waals surface area contributed by atoms with Crippen LogP contribution in [0.25, 0.3) is 10.6 Å². The van der Waals surface area contributed by atoms with E-state index in [2.05, 4.69) is 62.8 Å². The second-order valence-electron chi connectivity index (χ2n) is 5.99. The van der Waals surface area contributed by atoms with Crippen molar-refractivity contribution in [3.8, 4) is 0 Å².